The Bertz CT molecular complexity index is 915. The number of hydrogen-bond donors (Lipinski definition) is 1. The maximum atomic E-state index is 13.5. The van der Waals surface area contributed by atoms with Crippen molar-refractivity contribution in [1.29, 1.82) is 0 Å². The number of carbonyl (C=O) groups excluding carboxylic acids is 4. The van der Waals surface area contributed by atoms with Crippen LogP contribution in [0.25, 0.3) is 0 Å². The van der Waals surface area contributed by atoms with Crippen LogP contribution in [-0.2, 0) is 14.4 Å². The molecule has 1 aliphatic carbocycles. The average molecular weight is 425 g/mol. The summed E-state index contributed by atoms with van der Waals surface area (Å²) in [5.74, 6) is -0.745. The average Bonchev–Trinajstić information content (AvgIpc) is 3.25. The Hall–Kier alpha value is -2.90. The predicted molar refractivity (Wildman–Crippen MR) is 113 cm³/mol. The molecule has 0 radical (unpaired) electrons. The van der Waals surface area contributed by atoms with Gasteiger partial charge in [-0.2, -0.15) is 0 Å². The van der Waals surface area contributed by atoms with Crippen molar-refractivity contribution in [1.82, 2.24) is 14.7 Å². The highest BCUT2D eigenvalue weighted by Gasteiger charge is 2.57. The molecule has 1 aromatic carbocycles. The number of para-hydroxylation sites is 1. The fraction of sp³-hybridized carbons (Fsp3) is 0.565. The third-order valence-electron chi connectivity index (χ3n) is 7.16. The highest BCUT2D eigenvalue weighted by atomic mass is 16.2. The van der Waals surface area contributed by atoms with Crippen molar-refractivity contribution in [3.63, 3.8) is 0 Å². The molecular formula is C23H28N4O4. The Morgan fingerprint density at radius 3 is 2.39 bits per heavy atom. The lowest BCUT2D eigenvalue weighted by Gasteiger charge is -2.32. The summed E-state index contributed by atoms with van der Waals surface area (Å²) in [7, 11) is 0. The second kappa shape index (κ2) is 7.66. The molecule has 5 amide bonds. The van der Waals surface area contributed by atoms with Gasteiger partial charge in [-0.15, -0.1) is 0 Å². The molecule has 4 fully saturated rings. The van der Waals surface area contributed by atoms with Gasteiger partial charge in [0.05, 0.1) is 18.0 Å². The van der Waals surface area contributed by atoms with E-state index in [1.54, 1.807) is 9.80 Å². The van der Waals surface area contributed by atoms with Crippen LogP contribution >= 0.6 is 0 Å². The van der Waals surface area contributed by atoms with Crippen LogP contribution in [0.2, 0.25) is 0 Å². The molecule has 5 rings (SSSR count). The van der Waals surface area contributed by atoms with Gasteiger partial charge in [0.15, 0.2) is 0 Å². The minimum absolute atomic E-state index is 0.0216. The molecule has 0 unspecified atom stereocenters. The van der Waals surface area contributed by atoms with Gasteiger partial charge in [0.1, 0.15) is 6.04 Å². The molecule has 0 bridgehead atoms. The van der Waals surface area contributed by atoms with Crippen molar-refractivity contribution < 1.29 is 19.2 Å². The lowest BCUT2D eigenvalue weighted by Crippen LogP contribution is -2.52. The molecule has 31 heavy (non-hydrogen) atoms. The molecule has 1 N–H and O–H groups in total. The van der Waals surface area contributed by atoms with Crippen LogP contribution in [-0.4, -0.2) is 69.7 Å². The van der Waals surface area contributed by atoms with Gasteiger partial charge in [0, 0.05) is 24.7 Å². The van der Waals surface area contributed by atoms with Gasteiger partial charge in [0.25, 0.3) is 0 Å². The first-order valence-corrected chi connectivity index (χ1v) is 11.3. The number of amides is 5. The number of urea groups is 1. The summed E-state index contributed by atoms with van der Waals surface area (Å²) in [5.41, 5.74) is 0.691. The Balaban J connectivity index is 1.31. The van der Waals surface area contributed by atoms with E-state index in [1.165, 1.54) is 4.90 Å². The van der Waals surface area contributed by atoms with Crippen molar-refractivity contribution in [3.8, 4) is 0 Å². The molecule has 0 spiro atoms. The quantitative estimate of drug-likeness (QED) is 0.752. The standard InChI is InChI=1S/C23H28N4O4/c1-14-19-17(27(20(14)28)21(29)15-9-10-15)11-13-26(19)22(30)18-8-5-12-25(18)23(31)24-16-6-3-2-4-7-16/h2-4,6-7,14-15,17-19H,5,8-13H2,1H3,(H,24,31)/t14-,17-,18-,19+/m0/s1. The van der Waals surface area contributed by atoms with Gasteiger partial charge >= 0.3 is 6.03 Å². The normalized spacial score (nSPS) is 30.0. The Labute approximate surface area is 181 Å². The van der Waals surface area contributed by atoms with E-state index in [4.69, 9.17) is 0 Å². The lowest BCUT2D eigenvalue weighted by molar-refractivity contribution is -0.146. The van der Waals surface area contributed by atoms with E-state index >= 15 is 0 Å². The third-order valence-corrected chi connectivity index (χ3v) is 7.16. The van der Waals surface area contributed by atoms with Gasteiger partial charge in [0.2, 0.25) is 17.7 Å². The van der Waals surface area contributed by atoms with Crippen LogP contribution in [0, 0.1) is 11.8 Å². The Morgan fingerprint density at radius 1 is 0.935 bits per heavy atom. The number of likely N-dealkylation sites (tertiary alicyclic amines) is 3. The summed E-state index contributed by atoms with van der Waals surface area (Å²) in [6.45, 7) is 2.86. The van der Waals surface area contributed by atoms with Crippen molar-refractivity contribution in [2.45, 2.75) is 57.2 Å². The molecule has 8 heteroatoms. The van der Waals surface area contributed by atoms with Crippen LogP contribution in [0.3, 0.4) is 0 Å². The van der Waals surface area contributed by atoms with Gasteiger partial charge in [-0.05, 0) is 44.2 Å². The number of fused-ring (bicyclic) bond motifs is 1. The monoisotopic (exact) mass is 424 g/mol. The molecular weight excluding hydrogens is 396 g/mol. The lowest BCUT2D eigenvalue weighted by atomic mass is 10.0. The minimum atomic E-state index is -0.530. The molecule has 0 aromatic heterocycles. The molecule has 3 heterocycles. The van der Waals surface area contributed by atoms with Crippen molar-refractivity contribution >= 4 is 29.4 Å². The molecule has 4 aliphatic rings. The maximum absolute atomic E-state index is 13.5. The zero-order valence-corrected chi connectivity index (χ0v) is 17.7. The highest BCUT2D eigenvalue weighted by Crippen LogP contribution is 2.41. The summed E-state index contributed by atoms with van der Waals surface area (Å²) in [6.07, 6.45) is 3.70. The number of benzene rings is 1. The second-order valence-corrected chi connectivity index (χ2v) is 9.14. The van der Waals surface area contributed by atoms with E-state index < -0.39 is 12.0 Å². The number of carbonyl (C=O) groups is 4. The number of nitrogens with zero attached hydrogens (tertiary/aromatic N) is 3. The summed E-state index contributed by atoms with van der Waals surface area (Å²) in [6, 6.07) is 7.87. The fourth-order valence-electron chi connectivity index (χ4n) is 5.44. The van der Waals surface area contributed by atoms with Crippen molar-refractivity contribution in [2.75, 3.05) is 18.4 Å². The Kier molecular flexibility index (Phi) is 4.95. The zero-order valence-electron chi connectivity index (χ0n) is 17.7. The van der Waals surface area contributed by atoms with E-state index in [0.29, 0.717) is 31.6 Å². The predicted octanol–water partition coefficient (Wildman–Crippen LogP) is 2.07. The first kappa shape index (κ1) is 20.0. The van der Waals surface area contributed by atoms with Crippen LogP contribution < -0.4 is 5.32 Å². The minimum Gasteiger partial charge on any atom is -0.335 e. The van der Waals surface area contributed by atoms with Crippen LogP contribution in [0.15, 0.2) is 30.3 Å². The van der Waals surface area contributed by atoms with E-state index in [2.05, 4.69) is 5.32 Å². The summed E-state index contributed by atoms with van der Waals surface area (Å²) < 4.78 is 0. The van der Waals surface area contributed by atoms with Crippen LogP contribution in [0.4, 0.5) is 10.5 Å². The molecule has 4 atom stereocenters. The smallest absolute Gasteiger partial charge is 0.322 e. The van der Waals surface area contributed by atoms with E-state index in [-0.39, 0.29) is 41.8 Å². The van der Waals surface area contributed by atoms with E-state index in [1.807, 2.05) is 37.3 Å². The first-order chi connectivity index (χ1) is 15.0. The third kappa shape index (κ3) is 3.38. The Morgan fingerprint density at radius 2 is 1.68 bits per heavy atom. The van der Waals surface area contributed by atoms with Gasteiger partial charge in [-0.1, -0.05) is 25.1 Å². The number of hydrogen-bond acceptors (Lipinski definition) is 4. The van der Waals surface area contributed by atoms with Crippen molar-refractivity contribution in [3.05, 3.63) is 30.3 Å². The number of rotatable bonds is 3. The number of anilines is 1. The van der Waals surface area contributed by atoms with Gasteiger partial charge < -0.3 is 15.1 Å². The molecule has 164 valence electrons. The molecule has 8 nitrogen and oxygen atoms in total. The molecule has 3 aliphatic heterocycles. The molecule has 1 saturated carbocycles. The SMILES string of the molecule is C[C@@H]1C(=O)N(C(=O)C2CC2)[C@H]2CCN(C(=O)[C@@H]3CCCN3C(=O)Nc3ccccc3)[C@H]12. The molecule has 1 aromatic rings. The van der Waals surface area contributed by atoms with Crippen molar-refractivity contribution in [2.24, 2.45) is 11.8 Å². The summed E-state index contributed by atoms with van der Waals surface area (Å²) in [4.78, 5) is 56.7. The molecule has 3 saturated heterocycles. The van der Waals surface area contributed by atoms with Gasteiger partial charge in [-0.25, -0.2) is 4.79 Å². The maximum Gasteiger partial charge on any atom is 0.322 e. The number of imide groups is 1. The summed E-state index contributed by atoms with van der Waals surface area (Å²) in [5, 5.41) is 2.87. The topological polar surface area (TPSA) is 90.0 Å². The van der Waals surface area contributed by atoms with E-state index in [9.17, 15) is 19.2 Å². The van der Waals surface area contributed by atoms with Crippen LogP contribution in [0.5, 0.6) is 0 Å². The van der Waals surface area contributed by atoms with E-state index in [0.717, 1.165) is 19.3 Å². The highest BCUT2D eigenvalue weighted by molar-refractivity contribution is 6.01. The van der Waals surface area contributed by atoms with Crippen LogP contribution in [0.1, 0.15) is 39.0 Å². The fourth-order valence-corrected chi connectivity index (χ4v) is 5.44. The van der Waals surface area contributed by atoms with Gasteiger partial charge in [-0.3, -0.25) is 19.3 Å². The number of nitrogens with one attached hydrogen (secondary N) is 1. The zero-order chi connectivity index (χ0) is 21.7. The second-order valence-electron chi connectivity index (χ2n) is 9.14. The first-order valence-electron chi connectivity index (χ1n) is 11.3. The largest absolute Gasteiger partial charge is 0.335 e. The summed E-state index contributed by atoms with van der Waals surface area (Å²) >= 11 is 0.